The van der Waals surface area contributed by atoms with Gasteiger partial charge in [-0.1, -0.05) is 169 Å². The van der Waals surface area contributed by atoms with Crippen LogP contribution >= 0.6 is 0 Å². The second kappa shape index (κ2) is 17.9. The zero-order valence-corrected chi connectivity index (χ0v) is 38.3. The Morgan fingerprint density at radius 1 is 0.638 bits per heavy atom. The van der Waals surface area contributed by atoms with Crippen molar-refractivity contribution in [2.45, 2.75) is 85.8 Å². The van der Waals surface area contributed by atoms with Gasteiger partial charge in [0.2, 0.25) is 0 Å². The molecule has 0 amide bonds. The molecule has 0 atom stereocenters. The van der Waals surface area contributed by atoms with Gasteiger partial charge < -0.3 is 14.4 Å². The zero-order valence-electron chi connectivity index (χ0n) is 38.9. The van der Waals surface area contributed by atoms with E-state index in [0.717, 1.165) is 55.4 Å². The van der Waals surface area contributed by atoms with Gasteiger partial charge in [0.05, 0.1) is 13.7 Å². The molecule has 297 valence electrons. The molecule has 3 aromatic heterocycles. The number of hydrogen-bond donors (Lipinski definition) is 0. The first-order chi connectivity index (χ1) is 28.8. The van der Waals surface area contributed by atoms with Crippen molar-refractivity contribution >= 4 is 35.2 Å². The van der Waals surface area contributed by atoms with E-state index >= 15 is 0 Å². The van der Waals surface area contributed by atoms with Crippen molar-refractivity contribution in [3.8, 4) is 44.8 Å². The minimum Gasteiger partial charge on any atom is -0.500 e. The molecule has 0 aliphatic rings. The summed E-state index contributed by atoms with van der Waals surface area (Å²) >= 11 is 0. The smallest absolute Gasteiger partial charge is 0.121 e. The van der Waals surface area contributed by atoms with Crippen LogP contribution in [0.1, 0.15) is 87.0 Å². The third-order valence-electron chi connectivity index (χ3n) is 10.6. The molecule has 58 heavy (non-hydrogen) atoms. The van der Waals surface area contributed by atoms with Crippen LogP contribution in [-0.4, -0.2) is 18.0 Å². The maximum absolute atomic E-state index is 8.66. The number of furan rings is 1. The predicted octanol–water partition coefficient (Wildman–Crippen LogP) is 14.6. The maximum atomic E-state index is 8.66. The van der Waals surface area contributed by atoms with Crippen LogP contribution in [0.2, 0.25) is 19.6 Å². The second-order valence-corrected chi connectivity index (χ2v) is 21.8. The third-order valence-corrected chi connectivity index (χ3v) is 12.6. The Hall–Kier alpha value is -4.93. The Morgan fingerprint density at radius 3 is 1.98 bits per heavy atom. The number of pyridine rings is 2. The minimum absolute atomic E-state index is 0. The summed E-state index contributed by atoms with van der Waals surface area (Å²) in [6.45, 7) is 17.2. The fourth-order valence-electron chi connectivity index (χ4n) is 7.17. The number of nitrogens with zero attached hydrogens (tertiary/aromatic N) is 2. The predicted molar refractivity (Wildman–Crippen MR) is 245 cm³/mol. The number of hydrogen-bond acceptors (Lipinski definition) is 3. The van der Waals surface area contributed by atoms with Gasteiger partial charge in [-0.3, -0.25) is 0 Å². The van der Waals surface area contributed by atoms with Gasteiger partial charge in [0.1, 0.15) is 5.58 Å². The third kappa shape index (κ3) is 9.34. The first kappa shape index (κ1) is 37.3. The van der Waals surface area contributed by atoms with Crippen LogP contribution in [0.5, 0.6) is 0 Å². The van der Waals surface area contributed by atoms with Crippen LogP contribution in [0.25, 0.3) is 66.7 Å². The Balaban J connectivity index is 0.000000204. The normalized spacial score (nSPS) is 13.0. The van der Waals surface area contributed by atoms with Gasteiger partial charge in [0.25, 0.3) is 0 Å². The molecule has 8 rings (SSSR count). The van der Waals surface area contributed by atoms with E-state index in [-0.39, 0.29) is 25.7 Å². The van der Waals surface area contributed by atoms with Gasteiger partial charge >= 0.3 is 0 Å². The standard InChI is InChI=1S/C29H26NO.C24H28NSi.Ir/c1-18(2)20-5-7-21(8-6-20)23-9-11-25-26-15-24(10-12-28(26)31-29(25)17-23)27-16-22(19(3)4)13-14-30-27;1-17(2)21-15-23(25-16-24(21)26(4,5)6)20-13-12-18(3)22(14-20)19-10-8-7-9-11-19;/h5-9,11-19H,1-4H3;7-12,14-17H,1-6H3;/q2*-1;/i;3D3,17D;. The molecule has 5 aromatic carbocycles. The summed E-state index contributed by atoms with van der Waals surface area (Å²) in [5.74, 6) is 0.245. The molecule has 0 aliphatic heterocycles. The Morgan fingerprint density at radius 2 is 1.31 bits per heavy atom. The second-order valence-electron chi connectivity index (χ2n) is 16.7. The molecular weight excluding hydrogens is 901 g/mol. The van der Waals surface area contributed by atoms with Gasteiger partial charge in [-0.25, -0.2) is 0 Å². The molecule has 8 aromatic rings. The molecule has 5 heteroatoms. The zero-order chi connectivity index (χ0) is 43.9. The largest absolute Gasteiger partial charge is 0.500 e. The van der Waals surface area contributed by atoms with Crippen molar-refractivity contribution < 1.29 is 30.0 Å². The molecule has 0 aliphatic carbocycles. The van der Waals surface area contributed by atoms with Crippen molar-refractivity contribution in [3.05, 3.63) is 162 Å². The SMILES string of the molecule is CC(C)c1ccc(-c2ccc3c(c2)oc2c[c-]c(-c4cc(C(C)C)ccn4)cc23)cc1.[2H]C([2H])([2H])c1c[c-]c(-c2cc(C([2H])(C)C)c([Si](C)(C)C)cn2)cc1-c1ccccc1.[Ir]. The van der Waals surface area contributed by atoms with Crippen molar-refractivity contribution in [1.82, 2.24) is 9.97 Å². The van der Waals surface area contributed by atoms with Gasteiger partial charge in [0, 0.05) is 43.4 Å². The molecule has 0 fully saturated rings. The van der Waals surface area contributed by atoms with Crippen LogP contribution < -0.4 is 5.19 Å². The van der Waals surface area contributed by atoms with E-state index in [2.05, 4.69) is 125 Å². The summed E-state index contributed by atoms with van der Waals surface area (Å²) in [5, 5.41) is 3.39. The number of aryl methyl sites for hydroxylation is 1. The molecule has 3 nitrogen and oxygen atoms in total. The van der Waals surface area contributed by atoms with Crippen LogP contribution in [0.15, 0.2) is 132 Å². The van der Waals surface area contributed by atoms with Crippen molar-refractivity contribution in [3.63, 3.8) is 0 Å². The van der Waals surface area contributed by atoms with E-state index in [1.54, 1.807) is 6.07 Å². The number of benzene rings is 5. The first-order valence-corrected chi connectivity index (χ1v) is 23.4. The van der Waals surface area contributed by atoms with Crippen LogP contribution in [-0.2, 0) is 20.1 Å². The van der Waals surface area contributed by atoms with Crippen molar-refractivity contribution in [2.75, 3.05) is 0 Å². The summed E-state index contributed by atoms with van der Waals surface area (Å²) in [7, 11) is -1.68. The number of fused-ring (bicyclic) bond motifs is 3. The van der Waals surface area contributed by atoms with Crippen LogP contribution in [0.4, 0.5) is 0 Å². The van der Waals surface area contributed by atoms with Gasteiger partial charge in [-0.15, -0.1) is 53.1 Å². The van der Waals surface area contributed by atoms with Gasteiger partial charge in [-0.2, -0.15) is 0 Å². The molecule has 0 N–H and O–H groups in total. The maximum Gasteiger partial charge on any atom is 0.121 e. The fourth-order valence-corrected chi connectivity index (χ4v) is 8.75. The van der Waals surface area contributed by atoms with Crippen LogP contribution in [0.3, 0.4) is 0 Å². The Labute approximate surface area is 366 Å². The summed E-state index contributed by atoms with van der Waals surface area (Å²) in [5.41, 5.74) is 12.9. The molecule has 3 heterocycles. The topological polar surface area (TPSA) is 38.9 Å². The monoisotopic (exact) mass is 959 g/mol. The van der Waals surface area contributed by atoms with E-state index in [9.17, 15) is 0 Å². The number of aromatic nitrogens is 2. The summed E-state index contributed by atoms with van der Waals surface area (Å²) in [4.78, 5) is 9.27. The summed E-state index contributed by atoms with van der Waals surface area (Å²) < 4.78 is 38.6. The average molecular weight is 959 g/mol. The minimum atomic E-state index is -2.23. The molecule has 0 spiro atoms. The van der Waals surface area contributed by atoms with E-state index in [4.69, 9.17) is 14.9 Å². The number of rotatable bonds is 8. The van der Waals surface area contributed by atoms with Gasteiger partial charge in [0.15, 0.2) is 0 Å². The Kier molecular flexibility index (Phi) is 11.5. The van der Waals surface area contributed by atoms with Crippen molar-refractivity contribution in [2.24, 2.45) is 0 Å². The molecule has 0 saturated carbocycles. The van der Waals surface area contributed by atoms with Gasteiger partial charge in [-0.05, 0) is 68.7 Å². The molecule has 1 radical (unpaired) electrons. The summed E-state index contributed by atoms with van der Waals surface area (Å²) in [6.07, 6.45) is 3.79. The average Bonchev–Trinajstić information content (AvgIpc) is 3.60. The van der Waals surface area contributed by atoms with Crippen molar-refractivity contribution in [1.29, 1.82) is 0 Å². The first-order valence-electron chi connectivity index (χ1n) is 21.9. The van der Waals surface area contributed by atoms with E-state index < -0.39 is 20.8 Å². The quantitative estimate of drug-likeness (QED) is 0.113. The molecular formula is C53H54IrN2OSi-2. The van der Waals surface area contributed by atoms with E-state index in [1.807, 2.05) is 74.8 Å². The van der Waals surface area contributed by atoms with Crippen LogP contribution in [0, 0.1) is 19.0 Å². The van der Waals surface area contributed by atoms with E-state index in [0.29, 0.717) is 23.1 Å². The molecule has 0 unspecified atom stereocenters. The van der Waals surface area contributed by atoms with E-state index in [1.165, 1.54) is 21.9 Å². The Bertz CT molecular complexity index is 2820. The molecule has 0 bridgehead atoms. The summed E-state index contributed by atoms with van der Waals surface area (Å²) in [6, 6.07) is 45.0. The molecule has 0 saturated heterocycles. The fraction of sp³-hybridized carbons (Fsp3) is 0.245.